The first kappa shape index (κ1) is 14.7. The van der Waals surface area contributed by atoms with Crippen molar-refractivity contribution in [3.05, 3.63) is 59.2 Å². The summed E-state index contributed by atoms with van der Waals surface area (Å²) in [6, 6.07) is 14.2. The Hall–Kier alpha value is -1.67. The molecule has 0 spiro atoms. The number of halogens is 1. The third-order valence-electron chi connectivity index (χ3n) is 3.43. The Labute approximate surface area is 125 Å². The van der Waals surface area contributed by atoms with E-state index in [2.05, 4.69) is 25.1 Å². The lowest BCUT2D eigenvalue weighted by molar-refractivity contribution is 0.415. The molecule has 0 fully saturated rings. The van der Waals surface area contributed by atoms with Crippen LogP contribution in [0, 0.1) is 6.92 Å². The lowest BCUT2D eigenvalue weighted by Gasteiger charge is -2.24. The summed E-state index contributed by atoms with van der Waals surface area (Å²) in [5.74, 6) is 0.840. The van der Waals surface area contributed by atoms with Crippen LogP contribution in [0.1, 0.15) is 22.1 Å². The van der Waals surface area contributed by atoms with E-state index in [0.29, 0.717) is 0 Å². The van der Waals surface area contributed by atoms with Gasteiger partial charge in [0, 0.05) is 19.7 Å². The Bertz CT molecular complexity index is 595. The summed E-state index contributed by atoms with van der Waals surface area (Å²) in [6.45, 7) is 2.08. The van der Waals surface area contributed by atoms with Crippen molar-refractivity contribution in [1.82, 2.24) is 0 Å². The smallest absolute Gasteiger partial charge is 0.142 e. The second-order valence-electron chi connectivity index (χ2n) is 5.01. The number of hydrogen-bond acceptors (Lipinski definition) is 2. The van der Waals surface area contributed by atoms with Crippen LogP contribution in [0.25, 0.3) is 0 Å². The van der Waals surface area contributed by atoms with Gasteiger partial charge in [0.15, 0.2) is 0 Å². The fourth-order valence-corrected chi connectivity index (χ4v) is 2.85. The molecule has 1 unspecified atom stereocenters. The quantitative estimate of drug-likeness (QED) is 0.774. The fraction of sp³-hybridized carbons (Fsp3) is 0.294. The predicted molar refractivity (Wildman–Crippen MR) is 86.2 cm³/mol. The number of benzene rings is 2. The molecular weight excluding hydrogens is 270 g/mol. The minimum Gasteiger partial charge on any atom is -0.495 e. The molecule has 1 atom stereocenters. The average Bonchev–Trinajstić information content (AvgIpc) is 2.46. The molecule has 0 aliphatic rings. The molecule has 0 aliphatic heterocycles. The Morgan fingerprint density at radius 1 is 1.00 bits per heavy atom. The van der Waals surface area contributed by atoms with E-state index in [1.54, 1.807) is 7.11 Å². The molecule has 0 aliphatic carbocycles. The lowest BCUT2D eigenvalue weighted by atomic mass is 9.98. The summed E-state index contributed by atoms with van der Waals surface area (Å²) in [5, 5.41) is -0.191. The van der Waals surface area contributed by atoms with Gasteiger partial charge in [0.2, 0.25) is 0 Å². The summed E-state index contributed by atoms with van der Waals surface area (Å²) in [5.41, 5.74) is 4.41. The van der Waals surface area contributed by atoms with Crippen LogP contribution >= 0.6 is 11.6 Å². The van der Waals surface area contributed by atoms with E-state index in [-0.39, 0.29) is 5.38 Å². The maximum absolute atomic E-state index is 6.73. The van der Waals surface area contributed by atoms with Gasteiger partial charge in [-0.2, -0.15) is 0 Å². The van der Waals surface area contributed by atoms with Gasteiger partial charge in [0.25, 0.3) is 0 Å². The van der Waals surface area contributed by atoms with Crippen LogP contribution in [0.5, 0.6) is 5.75 Å². The summed E-state index contributed by atoms with van der Waals surface area (Å²) in [4.78, 5) is 2.04. The monoisotopic (exact) mass is 289 g/mol. The van der Waals surface area contributed by atoms with Gasteiger partial charge in [-0.1, -0.05) is 36.4 Å². The zero-order valence-corrected chi connectivity index (χ0v) is 13.1. The highest BCUT2D eigenvalue weighted by atomic mass is 35.5. The molecule has 2 rings (SSSR count). The molecular formula is C17H20ClNO. The number of alkyl halides is 1. The first-order valence-electron chi connectivity index (χ1n) is 6.60. The third kappa shape index (κ3) is 2.75. The van der Waals surface area contributed by atoms with Crippen LogP contribution < -0.4 is 9.64 Å². The van der Waals surface area contributed by atoms with Crippen LogP contribution in [-0.2, 0) is 0 Å². The highest BCUT2D eigenvalue weighted by molar-refractivity contribution is 6.23. The normalized spacial score (nSPS) is 12.1. The predicted octanol–water partition coefficient (Wildman–Crippen LogP) is 4.40. The number of aryl methyl sites for hydroxylation is 1. The molecule has 0 saturated heterocycles. The van der Waals surface area contributed by atoms with Gasteiger partial charge < -0.3 is 9.64 Å². The van der Waals surface area contributed by atoms with Gasteiger partial charge in [-0.3, -0.25) is 0 Å². The highest BCUT2D eigenvalue weighted by Crippen LogP contribution is 2.40. The topological polar surface area (TPSA) is 12.5 Å². The maximum Gasteiger partial charge on any atom is 0.142 e. The van der Waals surface area contributed by atoms with Crippen LogP contribution in [0.4, 0.5) is 5.69 Å². The van der Waals surface area contributed by atoms with Gasteiger partial charge in [0.1, 0.15) is 5.75 Å². The second kappa shape index (κ2) is 6.19. The van der Waals surface area contributed by atoms with Crippen LogP contribution in [-0.4, -0.2) is 21.2 Å². The number of nitrogens with zero attached hydrogens (tertiary/aromatic N) is 1. The van der Waals surface area contributed by atoms with Gasteiger partial charge in [-0.25, -0.2) is 0 Å². The van der Waals surface area contributed by atoms with Gasteiger partial charge in [0.05, 0.1) is 18.2 Å². The largest absolute Gasteiger partial charge is 0.495 e. The summed E-state index contributed by atoms with van der Waals surface area (Å²) in [7, 11) is 5.69. The SMILES string of the molecule is COc1cccc(C(Cl)c2ccccc2C)c1N(C)C. The number of methoxy groups -OCH3 is 1. The zero-order chi connectivity index (χ0) is 14.7. The van der Waals surface area contributed by atoms with Crippen molar-refractivity contribution >= 4 is 17.3 Å². The lowest BCUT2D eigenvalue weighted by Crippen LogP contribution is -2.14. The molecule has 2 aromatic rings. The molecule has 0 radical (unpaired) electrons. The van der Waals surface area contributed by atoms with Crippen molar-refractivity contribution in [2.75, 3.05) is 26.1 Å². The average molecular weight is 290 g/mol. The van der Waals surface area contributed by atoms with Gasteiger partial charge in [-0.05, 0) is 24.1 Å². The summed E-state index contributed by atoms with van der Waals surface area (Å²) < 4.78 is 5.46. The van der Waals surface area contributed by atoms with Crippen molar-refractivity contribution < 1.29 is 4.74 Å². The van der Waals surface area contributed by atoms with Crippen molar-refractivity contribution in [3.63, 3.8) is 0 Å². The first-order valence-corrected chi connectivity index (χ1v) is 7.03. The zero-order valence-electron chi connectivity index (χ0n) is 12.4. The molecule has 0 bridgehead atoms. The number of hydrogen-bond donors (Lipinski definition) is 0. The van der Waals surface area contributed by atoms with Crippen molar-refractivity contribution in [2.45, 2.75) is 12.3 Å². The molecule has 0 saturated carbocycles. The molecule has 3 heteroatoms. The van der Waals surface area contributed by atoms with Gasteiger partial charge >= 0.3 is 0 Å². The Kier molecular flexibility index (Phi) is 4.56. The third-order valence-corrected chi connectivity index (χ3v) is 3.90. The Morgan fingerprint density at radius 3 is 2.25 bits per heavy atom. The van der Waals surface area contributed by atoms with E-state index in [1.165, 1.54) is 5.56 Å². The molecule has 0 aromatic heterocycles. The van der Waals surface area contributed by atoms with E-state index in [0.717, 1.165) is 22.6 Å². The van der Waals surface area contributed by atoms with E-state index < -0.39 is 0 Å². The van der Waals surface area contributed by atoms with Crippen molar-refractivity contribution in [1.29, 1.82) is 0 Å². The van der Waals surface area contributed by atoms with Crippen molar-refractivity contribution in [2.24, 2.45) is 0 Å². The minimum absolute atomic E-state index is 0.191. The van der Waals surface area contributed by atoms with Gasteiger partial charge in [-0.15, -0.1) is 11.6 Å². The van der Waals surface area contributed by atoms with E-state index in [4.69, 9.17) is 16.3 Å². The standard InChI is InChI=1S/C17H20ClNO/c1-12-8-5-6-9-13(12)16(18)14-10-7-11-15(20-4)17(14)19(2)3/h5-11,16H,1-4H3. The molecule has 2 nitrogen and oxygen atoms in total. The van der Waals surface area contributed by atoms with Crippen LogP contribution in [0.3, 0.4) is 0 Å². The van der Waals surface area contributed by atoms with Crippen molar-refractivity contribution in [3.8, 4) is 5.75 Å². The van der Waals surface area contributed by atoms with E-state index in [1.807, 2.05) is 43.3 Å². The Balaban J connectivity index is 2.55. The Morgan fingerprint density at radius 2 is 1.65 bits per heavy atom. The second-order valence-corrected chi connectivity index (χ2v) is 5.45. The minimum atomic E-state index is -0.191. The molecule has 0 amide bonds. The van der Waals surface area contributed by atoms with E-state index in [9.17, 15) is 0 Å². The molecule has 0 heterocycles. The van der Waals surface area contributed by atoms with E-state index >= 15 is 0 Å². The number of ether oxygens (including phenoxy) is 1. The molecule has 2 aromatic carbocycles. The number of para-hydroxylation sites is 1. The summed E-state index contributed by atoms with van der Waals surface area (Å²) >= 11 is 6.73. The maximum atomic E-state index is 6.73. The number of rotatable bonds is 4. The summed E-state index contributed by atoms with van der Waals surface area (Å²) in [6.07, 6.45) is 0. The first-order chi connectivity index (χ1) is 9.56. The number of anilines is 1. The fourth-order valence-electron chi connectivity index (χ4n) is 2.43. The highest BCUT2D eigenvalue weighted by Gasteiger charge is 2.20. The molecule has 106 valence electrons. The van der Waals surface area contributed by atoms with Crippen LogP contribution in [0.15, 0.2) is 42.5 Å². The van der Waals surface area contributed by atoms with Crippen LogP contribution in [0.2, 0.25) is 0 Å². The molecule has 20 heavy (non-hydrogen) atoms. The molecule has 0 N–H and O–H groups in total.